The second kappa shape index (κ2) is 14.5. The molecule has 0 atom stereocenters. The van der Waals surface area contributed by atoms with Crippen molar-refractivity contribution < 1.29 is 4.79 Å². The Bertz CT molecular complexity index is 1490. The predicted octanol–water partition coefficient (Wildman–Crippen LogP) is 7.00. The third-order valence-corrected chi connectivity index (χ3v) is 8.34. The molecular weight excluding hydrogens is 671 g/mol. The maximum Gasteiger partial charge on any atom is 0.213 e. The number of nitrogens with zero attached hydrogens (tertiary/aromatic N) is 7. The van der Waals surface area contributed by atoms with E-state index in [1.807, 2.05) is 56.8 Å². The predicted molar refractivity (Wildman–Crippen MR) is 164 cm³/mol. The van der Waals surface area contributed by atoms with E-state index in [1.54, 1.807) is 28.0 Å². The second-order valence-electron chi connectivity index (χ2n) is 7.13. The van der Waals surface area contributed by atoms with E-state index in [2.05, 4.69) is 46.2 Å². The minimum atomic E-state index is 0.0812. The van der Waals surface area contributed by atoms with Gasteiger partial charge in [0, 0.05) is 22.5 Å². The average molecular weight is 693 g/mol. The third-order valence-electron chi connectivity index (χ3n) is 4.67. The molecule has 0 aliphatic carbocycles. The maximum atomic E-state index is 11.3. The number of hydrogen-bond acceptors (Lipinski definition) is 12. The van der Waals surface area contributed by atoms with Crippen molar-refractivity contribution in [2.45, 2.75) is 23.9 Å². The molecule has 5 aromatic heterocycles. The van der Waals surface area contributed by atoms with Crippen molar-refractivity contribution in [3.05, 3.63) is 56.3 Å². The van der Waals surface area contributed by atoms with Crippen LogP contribution in [0.5, 0.6) is 0 Å². The highest BCUT2D eigenvalue weighted by atomic mass is 79.9. The van der Waals surface area contributed by atoms with Gasteiger partial charge < -0.3 is 5.73 Å². The first-order valence-corrected chi connectivity index (χ1v) is 16.5. The van der Waals surface area contributed by atoms with Crippen molar-refractivity contribution in [3.8, 4) is 11.3 Å². The fourth-order valence-electron chi connectivity index (χ4n) is 2.96. The highest BCUT2D eigenvalue weighted by molar-refractivity contribution is 9.09. The summed E-state index contributed by atoms with van der Waals surface area (Å²) in [6.07, 6.45) is 5.86. The van der Waals surface area contributed by atoms with Crippen LogP contribution in [0.3, 0.4) is 0 Å². The number of imidazole rings is 1. The fraction of sp³-hybridized carbons (Fsp3) is 0.227. The Kier molecular flexibility index (Phi) is 11.8. The monoisotopic (exact) mass is 690 g/mol. The Labute approximate surface area is 254 Å². The van der Waals surface area contributed by atoms with Gasteiger partial charge in [0.15, 0.2) is 5.78 Å². The number of pyridine rings is 2. The summed E-state index contributed by atoms with van der Waals surface area (Å²) in [7, 11) is 0. The number of halogens is 3. The SMILES string of the molecule is CSc1ccc(-c2cn3nc(Cl)sc3n2)c(C)n1.CSc1ccc(C(=O)CBr)c(C)n1.Nc1nnc(Cl)s1. The molecule has 0 bridgehead atoms. The number of nitrogen functional groups attached to an aromatic ring is 1. The molecule has 5 heterocycles. The van der Waals surface area contributed by atoms with E-state index in [0.29, 0.717) is 25.0 Å². The Morgan fingerprint density at radius 2 is 1.63 bits per heavy atom. The van der Waals surface area contributed by atoms with Gasteiger partial charge in [-0.3, -0.25) is 4.79 Å². The zero-order chi connectivity index (χ0) is 27.8. The zero-order valence-corrected chi connectivity index (χ0v) is 26.8. The minimum absolute atomic E-state index is 0.0812. The van der Waals surface area contributed by atoms with E-state index in [0.717, 1.165) is 49.0 Å². The number of anilines is 1. The van der Waals surface area contributed by atoms with Crippen LogP contribution in [0.25, 0.3) is 16.2 Å². The largest absolute Gasteiger partial charge is 0.374 e. The summed E-state index contributed by atoms with van der Waals surface area (Å²) in [4.78, 5) is 25.4. The lowest BCUT2D eigenvalue weighted by atomic mass is 10.1. The molecule has 0 radical (unpaired) electrons. The van der Waals surface area contributed by atoms with Crippen LogP contribution in [0.15, 0.2) is 40.5 Å². The molecule has 0 aromatic carbocycles. The summed E-state index contributed by atoms with van der Waals surface area (Å²) in [6, 6.07) is 7.74. The van der Waals surface area contributed by atoms with Crippen molar-refractivity contribution >= 4 is 101 Å². The van der Waals surface area contributed by atoms with Gasteiger partial charge >= 0.3 is 0 Å². The van der Waals surface area contributed by atoms with Gasteiger partial charge in [0.1, 0.15) is 0 Å². The molecule has 0 aliphatic rings. The molecule has 0 aliphatic heterocycles. The normalized spacial score (nSPS) is 10.5. The number of carbonyl (C=O) groups is 1. The Morgan fingerprint density at radius 1 is 0.974 bits per heavy atom. The van der Waals surface area contributed by atoms with Gasteiger partial charge in [0.2, 0.25) is 19.0 Å². The van der Waals surface area contributed by atoms with Crippen LogP contribution in [-0.2, 0) is 0 Å². The third kappa shape index (κ3) is 8.34. The Balaban J connectivity index is 0.000000175. The van der Waals surface area contributed by atoms with Crippen LogP contribution < -0.4 is 5.73 Å². The van der Waals surface area contributed by atoms with E-state index in [4.69, 9.17) is 28.9 Å². The minimum Gasteiger partial charge on any atom is -0.374 e. The van der Waals surface area contributed by atoms with Crippen molar-refractivity contribution in [1.29, 1.82) is 0 Å². The average Bonchev–Trinajstić information content (AvgIpc) is 3.57. The first kappa shape index (κ1) is 30.7. The molecule has 0 saturated heterocycles. The number of ketones is 1. The summed E-state index contributed by atoms with van der Waals surface area (Å²) in [6.45, 7) is 3.85. The van der Waals surface area contributed by atoms with Crippen LogP contribution in [0.2, 0.25) is 8.93 Å². The summed E-state index contributed by atoms with van der Waals surface area (Å²) < 4.78 is 2.58. The molecule has 0 unspecified atom stereocenters. The van der Waals surface area contributed by atoms with Crippen molar-refractivity contribution in [3.63, 3.8) is 0 Å². The summed E-state index contributed by atoms with van der Waals surface area (Å²) >= 11 is 20.0. The smallest absolute Gasteiger partial charge is 0.213 e. The Hall–Kier alpha value is -1.81. The molecule has 16 heteroatoms. The van der Waals surface area contributed by atoms with Crippen LogP contribution in [0, 0.1) is 13.8 Å². The number of nitrogens with two attached hydrogens (primary N) is 1. The van der Waals surface area contributed by atoms with Gasteiger partial charge in [-0.1, -0.05) is 38.6 Å². The molecule has 0 saturated carbocycles. The molecule has 5 aromatic rings. The number of rotatable bonds is 5. The van der Waals surface area contributed by atoms with E-state index in [-0.39, 0.29) is 5.78 Å². The van der Waals surface area contributed by atoms with Gasteiger partial charge in [0.05, 0.1) is 27.3 Å². The molecule has 0 fully saturated rings. The number of alkyl halides is 1. The Morgan fingerprint density at radius 3 is 2.11 bits per heavy atom. The van der Waals surface area contributed by atoms with Gasteiger partial charge in [-0.25, -0.2) is 19.5 Å². The number of thioether (sulfide) groups is 2. The van der Waals surface area contributed by atoms with Crippen molar-refractivity contribution in [2.75, 3.05) is 23.6 Å². The lowest BCUT2D eigenvalue weighted by Crippen LogP contribution is -2.04. The summed E-state index contributed by atoms with van der Waals surface area (Å²) in [5.41, 5.74) is 9.52. The van der Waals surface area contributed by atoms with E-state index >= 15 is 0 Å². The lowest BCUT2D eigenvalue weighted by molar-refractivity contribution is 0.102. The standard InChI is InChI=1S/C11H9ClN4S2.C9H10BrNOS.C2H2ClN3S/c1-6-7(3-4-9(13-6)17-2)8-5-16-11(14-8)18-10(12)15-16;1-6-7(8(12)5-10)3-4-9(11-6)13-2;3-1-5-6-2(4)7-1/h3-5H,1-2H3;3-4H,5H2,1-2H3;(H2,4,6). The fourth-order valence-corrected chi connectivity index (χ4v) is 5.64. The quantitative estimate of drug-likeness (QED) is 0.117. The molecule has 200 valence electrons. The van der Waals surface area contributed by atoms with E-state index in [9.17, 15) is 4.79 Å². The molecule has 5 rings (SSSR count). The van der Waals surface area contributed by atoms with Crippen LogP contribution in [0.4, 0.5) is 5.13 Å². The number of aromatic nitrogens is 7. The van der Waals surface area contributed by atoms with Crippen molar-refractivity contribution in [2.24, 2.45) is 0 Å². The lowest BCUT2D eigenvalue weighted by Gasteiger charge is -2.03. The zero-order valence-electron chi connectivity index (χ0n) is 20.5. The molecule has 2 N–H and O–H groups in total. The van der Waals surface area contributed by atoms with Gasteiger partial charge in [-0.2, -0.15) is 0 Å². The van der Waals surface area contributed by atoms with E-state index < -0.39 is 0 Å². The number of Topliss-reactive ketones (excluding diaryl/α,β-unsaturated/α-hetero) is 1. The van der Waals surface area contributed by atoms with E-state index in [1.165, 1.54) is 11.3 Å². The van der Waals surface area contributed by atoms with Crippen LogP contribution in [0.1, 0.15) is 21.7 Å². The number of fused-ring (bicyclic) bond motifs is 1. The van der Waals surface area contributed by atoms with Crippen molar-refractivity contribution in [1.82, 2.24) is 34.8 Å². The van der Waals surface area contributed by atoms with Gasteiger partial charge in [-0.05, 0) is 73.8 Å². The van der Waals surface area contributed by atoms with Crippen LogP contribution >= 0.6 is 85.3 Å². The number of aryl methyl sites for hydroxylation is 2. The molecule has 38 heavy (non-hydrogen) atoms. The second-order valence-corrected chi connectivity index (χ2v) is 12.5. The molecular formula is C22H21BrCl2N8OS4. The first-order chi connectivity index (χ1) is 18.1. The molecule has 0 spiro atoms. The maximum absolute atomic E-state index is 11.3. The highest BCUT2D eigenvalue weighted by Gasteiger charge is 2.11. The summed E-state index contributed by atoms with van der Waals surface area (Å²) in [5, 5.41) is 13.7. The van der Waals surface area contributed by atoms with Crippen LogP contribution in [-0.4, -0.2) is 58.4 Å². The number of carbonyl (C=O) groups excluding carboxylic acids is 1. The molecule has 0 amide bonds. The molecule has 9 nitrogen and oxygen atoms in total. The number of hydrogen-bond donors (Lipinski definition) is 1. The summed E-state index contributed by atoms with van der Waals surface area (Å²) in [5.74, 6) is 0.0812. The highest BCUT2D eigenvalue weighted by Crippen LogP contribution is 2.27. The first-order valence-electron chi connectivity index (χ1n) is 10.5. The van der Waals surface area contributed by atoms with Gasteiger partial charge in [-0.15, -0.1) is 38.8 Å². The topological polar surface area (TPSA) is 125 Å². The van der Waals surface area contributed by atoms with Gasteiger partial charge in [0.25, 0.3) is 0 Å².